The predicted molar refractivity (Wildman–Crippen MR) is 161 cm³/mol. The molecule has 4 N–H and O–H groups in total. The van der Waals surface area contributed by atoms with E-state index in [1.54, 1.807) is 66.2 Å². The van der Waals surface area contributed by atoms with Crippen LogP contribution in [0.1, 0.15) is 26.7 Å². The van der Waals surface area contributed by atoms with E-state index in [0.717, 1.165) is 47.9 Å². The van der Waals surface area contributed by atoms with E-state index in [9.17, 15) is 9.59 Å². The zero-order valence-electron chi connectivity index (χ0n) is 24.9. The van der Waals surface area contributed by atoms with Crippen LogP contribution in [0.5, 0.6) is 0 Å². The number of hydrogen-bond acceptors (Lipinski definition) is 12. The van der Waals surface area contributed by atoms with Gasteiger partial charge in [0.1, 0.15) is 6.73 Å². The molecular weight excluding hydrogens is 585 g/mol. The van der Waals surface area contributed by atoms with Gasteiger partial charge < -0.3 is 47.4 Å². The lowest BCUT2D eigenvalue weighted by Crippen LogP contribution is -2.42. The Bertz CT molecular complexity index is 605. The highest BCUT2D eigenvalue weighted by Crippen LogP contribution is 2.19. The molecule has 0 saturated heterocycles. The smallest absolute Gasteiger partial charge is 0.395 e. The minimum absolute atomic E-state index is 0.0130. The molecule has 0 saturated carbocycles. The number of nitrogens with one attached hydrogen (secondary N) is 2. The van der Waals surface area contributed by atoms with Crippen molar-refractivity contribution in [2.24, 2.45) is 11.8 Å². The van der Waals surface area contributed by atoms with Gasteiger partial charge in [-0.25, -0.2) is 0 Å². The normalized spacial score (nSPS) is 13.3. The van der Waals surface area contributed by atoms with E-state index >= 15 is 0 Å². The van der Waals surface area contributed by atoms with Crippen molar-refractivity contribution in [1.82, 2.24) is 10.6 Å². The van der Waals surface area contributed by atoms with Crippen LogP contribution in [0.4, 0.5) is 0 Å². The molecule has 234 valence electrons. The second kappa shape index (κ2) is 25.5. The first-order valence-corrected chi connectivity index (χ1v) is 19.0. The third kappa shape index (κ3) is 18.7. The molecule has 39 heavy (non-hydrogen) atoms. The molecule has 0 aromatic rings. The van der Waals surface area contributed by atoms with Gasteiger partial charge in [0.05, 0.1) is 6.61 Å². The zero-order valence-corrected chi connectivity index (χ0v) is 28.5. The first-order valence-electron chi connectivity index (χ1n) is 12.8. The van der Waals surface area contributed by atoms with E-state index in [1.165, 1.54) is 0 Å². The Morgan fingerprint density at radius 2 is 1.05 bits per heavy atom. The molecule has 0 aliphatic rings. The summed E-state index contributed by atoms with van der Waals surface area (Å²) in [5, 5.41) is 22.3. The van der Waals surface area contributed by atoms with Gasteiger partial charge in [-0.05, 0) is 24.3 Å². The Kier molecular flexibility index (Phi) is 26.7. The van der Waals surface area contributed by atoms with Crippen LogP contribution in [0.15, 0.2) is 0 Å². The fourth-order valence-electron chi connectivity index (χ4n) is 3.17. The Hall–Kier alpha value is -0.246. The van der Waals surface area contributed by atoms with Crippen molar-refractivity contribution < 1.29 is 46.4 Å². The van der Waals surface area contributed by atoms with Crippen LogP contribution in [-0.2, 0) is 36.1 Å². The van der Waals surface area contributed by atoms with Crippen LogP contribution in [0.3, 0.4) is 0 Å². The Balaban J connectivity index is 0. The van der Waals surface area contributed by atoms with Crippen LogP contribution in [0, 0.1) is 11.8 Å². The maximum atomic E-state index is 11.6. The number of hydrogen-bond donors (Lipinski definition) is 4. The molecule has 0 fully saturated rings. The number of thioether (sulfide) groups is 2. The summed E-state index contributed by atoms with van der Waals surface area (Å²) in [7, 11) is 4.74. The summed E-state index contributed by atoms with van der Waals surface area (Å²) in [4.78, 5) is 22.9. The summed E-state index contributed by atoms with van der Waals surface area (Å²) in [6.07, 6.45) is 1.85. The summed E-state index contributed by atoms with van der Waals surface area (Å²) >= 11 is 3.43. The van der Waals surface area contributed by atoms with E-state index in [2.05, 4.69) is 10.6 Å². The third-order valence-corrected chi connectivity index (χ3v) is 14.0. The van der Waals surface area contributed by atoms with Crippen molar-refractivity contribution in [2.75, 3.05) is 85.6 Å². The van der Waals surface area contributed by atoms with Gasteiger partial charge in [0.25, 0.3) is 0 Å². The molecule has 0 spiro atoms. The average molecular weight is 637 g/mol. The summed E-state index contributed by atoms with van der Waals surface area (Å²) in [6, 6.07) is 1.54. The standard InChI is InChI=1S/C12H27NO5SSi.C11H25NO5SSi/c1-11(12(15)13-6-7-14)10-19-8-5-9-20(16-2,17-3)18-4;1-10(11(14)12-9-13)8-18-6-5-7-19(15-2,16-3)17-4/h11,14H,5-10H2,1-4H3,(H,13,15);10,13H,5-9H2,1-4H3,(H,12,14). The number of aliphatic hydroxyl groups excluding tert-OH is 2. The largest absolute Gasteiger partial charge is 0.500 e. The number of rotatable bonds is 23. The summed E-state index contributed by atoms with van der Waals surface area (Å²) in [6.45, 7) is 3.72. The van der Waals surface area contributed by atoms with Gasteiger partial charge in [0.15, 0.2) is 0 Å². The maximum absolute atomic E-state index is 11.6. The third-order valence-electron chi connectivity index (χ3n) is 5.70. The molecule has 0 aromatic carbocycles. The van der Waals surface area contributed by atoms with Crippen molar-refractivity contribution >= 4 is 52.9 Å². The highest BCUT2D eigenvalue weighted by molar-refractivity contribution is 7.99. The molecule has 0 aromatic heterocycles. The van der Waals surface area contributed by atoms with E-state index in [4.69, 9.17) is 36.8 Å². The molecular formula is C23H52N2O10S2Si2. The highest BCUT2D eigenvalue weighted by atomic mass is 32.2. The summed E-state index contributed by atoms with van der Waals surface area (Å²) in [5.74, 6) is 3.05. The SMILES string of the molecule is CO[Si](CCCSCC(C)C(=O)NCCO)(OC)OC.CO[Si](CCCSCC(C)C(=O)NCO)(OC)OC. The molecule has 2 atom stereocenters. The van der Waals surface area contributed by atoms with Crippen molar-refractivity contribution in [2.45, 2.75) is 38.8 Å². The van der Waals surface area contributed by atoms with Crippen LogP contribution >= 0.6 is 23.5 Å². The molecule has 0 aliphatic carbocycles. The lowest BCUT2D eigenvalue weighted by molar-refractivity contribution is -0.125. The number of aliphatic hydroxyl groups is 2. The Morgan fingerprint density at radius 3 is 1.36 bits per heavy atom. The van der Waals surface area contributed by atoms with Gasteiger partial charge in [-0.1, -0.05) is 13.8 Å². The molecule has 2 unspecified atom stereocenters. The second-order valence-electron chi connectivity index (χ2n) is 8.46. The number of amides is 2. The van der Waals surface area contributed by atoms with E-state index in [0.29, 0.717) is 6.54 Å². The molecule has 0 bridgehead atoms. The van der Waals surface area contributed by atoms with Gasteiger partial charge in [0.2, 0.25) is 11.8 Å². The molecule has 16 heteroatoms. The lowest BCUT2D eigenvalue weighted by Gasteiger charge is -2.24. The lowest BCUT2D eigenvalue weighted by atomic mass is 10.2. The Labute approximate surface area is 245 Å². The average Bonchev–Trinajstić information content (AvgIpc) is 2.96. The first-order chi connectivity index (χ1) is 18.6. The quantitative estimate of drug-likeness (QED) is 0.0729. The predicted octanol–water partition coefficient (Wildman–Crippen LogP) is 1.42. The Morgan fingerprint density at radius 1 is 0.692 bits per heavy atom. The fraction of sp³-hybridized carbons (Fsp3) is 0.913. The van der Waals surface area contributed by atoms with E-state index in [1.807, 2.05) is 13.8 Å². The molecule has 2 amide bonds. The van der Waals surface area contributed by atoms with Gasteiger partial charge in [-0.3, -0.25) is 9.59 Å². The molecule has 0 rings (SSSR count). The van der Waals surface area contributed by atoms with Crippen LogP contribution in [-0.4, -0.2) is 125 Å². The van der Waals surface area contributed by atoms with E-state index in [-0.39, 0.29) is 37.0 Å². The van der Waals surface area contributed by atoms with Crippen molar-refractivity contribution in [3.05, 3.63) is 0 Å². The first kappa shape index (κ1) is 40.9. The van der Waals surface area contributed by atoms with Crippen LogP contribution in [0.25, 0.3) is 0 Å². The minimum atomic E-state index is -2.45. The minimum Gasteiger partial charge on any atom is -0.395 e. The van der Waals surface area contributed by atoms with Gasteiger partial charge in [-0.2, -0.15) is 23.5 Å². The van der Waals surface area contributed by atoms with Gasteiger partial charge in [0, 0.05) is 84.6 Å². The molecule has 0 heterocycles. The number of carbonyl (C=O) groups is 2. The van der Waals surface area contributed by atoms with Crippen molar-refractivity contribution in [1.29, 1.82) is 0 Å². The van der Waals surface area contributed by atoms with E-state index < -0.39 is 17.6 Å². The van der Waals surface area contributed by atoms with Gasteiger partial charge in [-0.15, -0.1) is 0 Å². The van der Waals surface area contributed by atoms with Crippen LogP contribution < -0.4 is 10.6 Å². The highest BCUT2D eigenvalue weighted by Gasteiger charge is 2.37. The second-order valence-corrected chi connectivity index (χ2v) is 16.9. The van der Waals surface area contributed by atoms with Crippen LogP contribution in [0.2, 0.25) is 12.1 Å². The van der Waals surface area contributed by atoms with Gasteiger partial charge >= 0.3 is 17.6 Å². The summed E-state index contributed by atoms with van der Waals surface area (Å²) < 4.78 is 32.0. The number of carbonyl (C=O) groups excluding carboxylic acids is 2. The summed E-state index contributed by atoms with van der Waals surface area (Å²) in [5.41, 5.74) is 0. The van der Waals surface area contributed by atoms with Crippen molar-refractivity contribution in [3.63, 3.8) is 0 Å². The monoisotopic (exact) mass is 636 g/mol. The van der Waals surface area contributed by atoms with Crippen molar-refractivity contribution in [3.8, 4) is 0 Å². The molecule has 12 nitrogen and oxygen atoms in total. The maximum Gasteiger partial charge on any atom is 0.500 e. The zero-order chi connectivity index (χ0) is 30.2. The fourth-order valence-corrected chi connectivity index (χ4v) is 9.17. The topological polar surface area (TPSA) is 154 Å². The molecule has 0 radical (unpaired) electrons. The molecule has 0 aliphatic heterocycles.